The first kappa shape index (κ1) is 26.9. The van der Waals surface area contributed by atoms with Gasteiger partial charge in [0.15, 0.2) is 23.0 Å². The van der Waals surface area contributed by atoms with Crippen molar-refractivity contribution in [1.29, 1.82) is 0 Å². The molecule has 2 rings (SSSR count). The minimum absolute atomic E-state index is 0.227. The highest BCUT2D eigenvalue weighted by Gasteiger charge is 2.31. The Labute approximate surface area is 204 Å². The number of nitrogens with zero attached hydrogens (tertiary/aromatic N) is 3. The zero-order valence-corrected chi connectivity index (χ0v) is 20.8. The van der Waals surface area contributed by atoms with E-state index in [0.717, 1.165) is 4.42 Å². The van der Waals surface area contributed by atoms with Crippen LogP contribution in [-0.4, -0.2) is 44.2 Å². The van der Waals surface area contributed by atoms with E-state index in [1.165, 1.54) is 6.92 Å². The highest BCUT2D eigenvalue weighted by molar-refractivity contribution is 6.39. The fourth-order valence-corrected chi connectivity index (χ4v) is 3.20. The maximum atomic E-state index is 13.2. The Morgan fingerprint density at radius 1 is 0.882 bits per heavy atom. The highest BCUT2D eigenvalue weighted by Crippen LogP contribution is 2.38. The number of azo groups is 1. The maximum absolute atomic E-state index is 13.2. The molecular formula is C24H30ClN3O6. The number of halogens is 1. The van der Waals surface area contributed by atoms with Gasteiger partial charge in [-0.1, -0.05) is 6.07 Å². The van der Waals surface area contributed by atoms with Gasteiger partial charge in [0.2, 0.25) is 6.04 Å². The maximum Gasteiger partial charge on any atom is 0.276 e. The van der Waals surface area contributed by atoms with Gasteiger partial charge in [0, 0.05) is 17.8 Å². The molecule has 1 atom stereocenters. The van der Waals surface area contributed by atoms with Crippen LogP contribution < -0.4 is 23.4 Å². The number of hydrogen-bond donors (Lipinski definition) is 0. The van der Waals surface area contributed by atoms with Gasteiger partial charge in [0.25, 0.3) is 5.91 Å². The van der Waals surface area contributed by atoms with Crippen LogP contribution in [0.5, 0.6) is 23.0 Å². The molecule has 0 bridgehead atoms. The summed E-state index contributed by atoms with van der Waals surface area (Å²) in [5.74, 6) is 0.348. The minimum Gasteiger partial charge on any atom is -0.494 e. The van der Waals surface area contributed by atoms with Crippen molar-refractivity contribution in [3.05, 3.63) is 36.4 Å². The van der Waals surface area contributed by atoms with Gasteiger partial charge < -0.3 is 18.9 Å². The van der Waals surface area contributed by atoms with Crippen molar-refractivity contribution >= 4 is 34.8 Å². The smallest absolute Gasteiger partial charge is 0.276 e. The van der Waals surface area contributed by atoms with E-state index in [1.54, 1.807) is 43.3 Å². The molecule has 0 N–H and O–H groups in total. The number of benzene rings is 2. The van der Waals surface area contributed by atoms with E-state index in [-0.39, 0.29) is 11.4 Å². The zero-order chi connectivity index (χ0) is 25.1. The molecule has 0 saturated carbocycles. The van der Waals surface area contributed by atoms with Crippen molar-refractivity contribution in [3.63, 3.8) is 0 Å². The van der Waals surface area contributed by atoms with Crippen LogP contribution >= 0.6 is 11.8 Å². The molecule has 0 aliphatic carbocycles. The summed E-state index contributed by atoms with van der Waals surface area (Å²) in [6, 6.07) is 8.57. The molecule has 0 aliphatic rings. The van der Waals surface area contributed by atoms with Crippen LogP contribution in [-0.2, 0) is 9.59 Å². The van der Waals surface area contributed by atoms with Crippen molar-refractivity contribution in [3.8, 4) is 23.0 Å². The van der Waals surface area contributed by atoms with Crippen molar-refractivity contribution in [2.75, 3.05) is 30.8 Å². The molecule has 34 heavy (non-hydrogen) atoms. The SMILES string of the molecule is CCOc1ccc(OCC)c(N(Cl)C(=O)C(N=Nc2c(OCC)cccc2OCC)C(C)=O)c1. The molecule has 2 aromatic carbocycles. The van der Waals surface area contributed by atoms with Gasteiger partial charge in [0.05, 0.1) is 26.4 Å². The van der Waals surface area contributed by atoms with E-state index < -0.39 is 17.7 Å². The average molecular weight is 492 g/mol. The van der Waals surface area contributed by atoms with Crippen LogP contribution in [0.25, 0.3) is 0 Å². The number of rotatable bonds is 13. The second kappa shape index (κ2) is 13.4. The number of ketones is 1. The normalized spacial score (nSPS) is 11.7. The van der Waals surface area contributed by atoms with Gasteiger partial charge in [-0.25, -0.2) is 4.42 Å². The fourth-order valence-electron chi connectivity index (χ4n) is 2.98. The lowest BCUT2D eigenvalue weighted by Crippen LogP contribution is -2.36. The lowest BCUT2D eigenvalue weighted by molar-refractivity contribution is -0.126. The van der Waals surface area contributed by atoms with Crippen molar-refractivity contribution < 1.29 is 28.5 Å². The van der Waals surface area contributed by atoms with E-state index in [0.29, 0.717) is 49.4 Å². The van der Waals surface area contributed by atoms with E-state index in [2.05, 4.69) is 10.2 Å². The summed E-state index contributed by atoms with van der Waals surface area (Å²) in [7, 11) is 0. The number of ether oxygens (including phenoxy) is 4. The van der Waals surface area contributed by atoms with Crippen LogP contribution in [0.2, 0.25) is 0 Å². The topological polar surface area (TPSA) is 99.0 Å². The van der Waals surface area contributed by atoms with Crippen LogP contribution in [0.3, 0.4) is 0 Å². The summed E-state index contributed by atoms with van der Waals surface area (Å²) in [5.41, 5.74) is 0.505. The third kappa shape index (κ3) is 6.84. The Balaban J connectivity index is 2.43. The summed E-state index contributed by atoms with van der Waals surface area (Å²) in [5, 5.41) is 8.19. The molecule has 0 aliphatic heterocycles. The molecule has 0 fully saturated rings. The molecule has 10 heteroatoms. The summed E-state index contributed by atoms with van der Waals surface area (Å²) >= 11 is 6.40. The van der Waals surface area contributed by atoms with Gasteiger partial charge in [0.1, 0.15) is 17.2 Å². The molecule has 184 valence electrons. The number of anilines is 1. The van der Waals surface area contributed by atoms with Gasteiger partial charge in [-0.05, 0) is 58.9 Å². The second-order valence-corrected chi connectivity index (χ2v) is 7.15. The van der Waals surface area contributed by atoms with Gasteiger partial charge in [-0.15, -0.1) is 5.11 Å². The molecule has 0 heterocycles. The molecule has 0 saturated heterocycles. The Bertz CT molecular complexity index is 990. The summed E-state index contributed by atoms with van der Waals surface area (Å²) in [6.45, 7) is 10.1. The Morgan fingerprint density at radius 3 is 1.97 bits per heavy atom. The molecule has 1 unspecified atom stereocenters. The Hall–Kier alpha value is -3.33. The number of hydrogen-bond acceptors (Lipinski definition) is 8. The van der Waals surface area contributed by atoms with E-state index in [9.17, 15) is 9.59 Å². The van der Waals surface area contributed by atoms with Crippen molar-refractivity contribution in [1.82, 2.24) is 0 Å². The lowest BCUT2D eigenvalue weighted by atomic mass is 10.2. The first-order chi connectivity index (χ1) is 16.4. The minimum atomic E-state index is -1.49. The second-order valence-electron chi connectivity index (χ2n) is 6.81. The van der Waals surface area contributed by atoms with E-state index in [1.807, 2.05) is 20.8 Å². The predicted octanol–water partition coefficient (Wildman–Crippen LogP) is 5.51. The number of amides is 1. The summed E-state index contributed by atoms with van der Waals surface area (Å²) < 4.78 is 23.1. The van der Waals surface area contributed by atoms with Crippen molar-refractivity contribution in [2.45, 2.75) is 40.7 Å². The first-order valence-corrected chi connectivity index (χ1v) is 11.4. The predicted molar refractivity (Wildman–Crippen MR) is 130 cm³/mol. The lowest BCUT2D eigenvalue weighted by Gasteiger charge is -2.20. The highest BCUT2D eigenvalue weighted by atomic mass is 35.5. The first-order valence-electron chi connectivity index (χ1n) is 11.1. The van der Waals surface area contributed by atoms with Gasteiger partial charge in [-0.2, -0.15) is 5.11 Å². The number of carbonyl (C=O) groups is 2. The molecule has 0 spiro atoms. The molecule has 0 radical (unpaired) electrons. The standard InChI is InChI=1S/C24H30ClN3O6/c1-6-31-17-13-14-19(32-7-2)18(15-17)28(25)24(30)22(16(5)29)26-27-23-20(33-8-3)11-10-12-21(23)34-9-4/h10-15,22H,6-9H2,1-5H3. The van der Waals surface area contributed by atoms with Crippen LogP contribution in [0, 0.1) is 0 Å². The van der Waals surface area contributed by atoms with Crippen LogP contribution in [0.1, 0.15) is 34.6 Å². The molecule has 9 nitrogen and oxygen atoms in total. The number of carbonyl (C=O) groups excluding carboxylic acids is 2. The van der Waals surface area contributed by atoms with Crippen LogP contribution in [0.15, 0.2) is 46.6 Å². The van der Waals surface area contributed by atoms with Crippen molar-refractivity contribution in [2.24, 2.45) is 10.2 Å². The van der Waals surface area contributed by atoms with Gasteiger partial charge in [-0.3, -0.25) is 9.59 Å². The van der Waals surface area contributed by atoms with Gasteiger partial charge >= 0.3 is 0 Å². The zero-order valence-electron chi connectivity index (χ0n) is 20.0. The summed E-state index contributed by atoms with van der Waals surface area (Å²) in [4.78, 5) is 25.6. The van der Waals surface area contributed by atoms with E-state index >= 15 is 0 Å². The Morgan fingerprint density at radius 2 is 1.44 bits per heavy atom. The molecule has 1 amide bonds. The third-order valence-electron chi connectivity index (χ3n) is 4.40. The number of Topliss-reactive ketones (excluding diaryl/α,β-unsaturated/α-hetero) is 1. The fraction of sp³-hybridized carbons (Fsp3) is 0.417. The molecule has 2 aromatic rings. The molecular weight excluding hydrogens is 462 g/mol. The monoisotopic (exact) mass is 491 g/mol. The molecule has 0 aromatic heterocycles. The average Bonchev–Trinajstić information content (AvgIpc) is 2.81. The quantitative estimate of drug-likeness (QED) is 0.208. The Kier molecular flexibility index (Phi) is 10.6. The summed E-state index contributed by atoms with van der Waals surface area (Å²) in [6.07, 6.45) is 0. The largest absolute Gasteiger partial charge is 0.494 e. The van der Waals surface area contributed by atoms with Crippen LogP contribution in [0.4, 0.5) is 11.4 Å². The van der Waals surface area contributed by atoms with E-state index in [4.69, 9.17) is 30.7 Å². The third-order valence-corrected chi connectivity index (χ3v) is 4.75.